The Morgan fingerprint density at radius 3 is 2.68 bits per heavy atom. The van der Waals surface area contributed by atoms with Gasteiger partial charge in [-0.3, -0.25) is 9.59 Å². The first-order chi connectivity index (χ1) is 8.90. The summed E-state index contributed by atoms with van der Waals surface area (Å²) in [5, 5.41) is 8.57. The van der Waals surface area contributed by atoms with E-state index in [1.807, 2.05) is 31.2 Å². The van der Waals surface area contributed by atoms with Crippen LogP contribution in [0.3, 0.4) is 0 Å². The number of amides is 1. The van der Waals surface area contributed by atoms with Crippen molar-refractivity contribution in [2.24, 2.45) is 5.73 Å². The van der Waals surface area contributed by atoms with Gasteiger partial charge in [0, 0.05) is 20.0 Å². The van der Waals surface area contributed by atoms with Gasteiger partial charge in [-0.1, -0.05) is 29.8 Å². The van der Waals surface area contributed by atoms with Gasteiger partial charge < -0.3 is 15.7 Å². The molecule has 0 radical (unpaired) electrons. The largest absolute Gasteiger partial charge is 0.481 e. The van der Waals surface area contributed by atoms with Gasteiger partial charge in [0.1, 0.15) is 0 Å². The molecule has 19 heavy (non-hydrogen) atoms. The van der Waals surface area contributed by atoms with E-state index in [1.54, 1.807) is 7.05 Å². The van der Waals surface area contributed by atoms with Crippen molar-refractivity contribution in [3.05, 3.63) is 35.4 Å². The topological polar surface area (TPSA) is 83.6 Å². The second-order valence-corrected chi connectivity index (χ2v) is 4.72. The highest BCUT2D eigenvalue weighted by molar-refractivity contribution is 5.82. The molecule has 1 rings (SSSR count). The maximum absolute atomic E-state index is 12.0. The number of hydrogen-bond donors (Lipinski definition) is 2. The summed E-state index contributed by atoms with van der Waals surface area (Å²) in [6.07, 6.45) is 0.0670. The predicted molar refractivity (Wildman–Crippen MR) is 72.5 cm³/mol. The van der Waals surface area contributed by atoms with Crippen molar-refractivity contribution in [2.45, 2.75) is 32.4 Å². The Balaban J connectivity index is 2.54. The molecule has 1 unspecified atom stereocenters. The van der Waals surface area contributed by atoms with Crippen molar-refractivity contribution in [3.8, 4) is 0 Å². The van der Waals surface area contributed by atoms with Gasteiger partial charge in [-0.05, 0) is 18.9 Å². The van der Waals surface area contributed by atoms with Crippen LogP contribution >= 0.6 is 0 Å². The SMILES string of the molecule is Cc1cccc(CN(C)C(=O)C(N)CCC(=O)O)c1. The zero-order chi connectivity index (χ0) is 14.4. The molecule has 1 aromatic rings. The van der Waals surface area contributed by atoms with Gasteiger partial charge in [0.25, 0.3) is 0 Å². The van der Waals surface area contributed by atoms with Gasteiger partial charge in [-0.15, -0.1) is 0 Å². The van der Waals surface area contributed by atoms with E-state index in [0.29, 0.717) is 6.54 Å². The zero-order valence-electron chi connectivity index (χ0n) is 11.3. The number of carboxylic acid groups (broad SMARTS) is 1. The van der Waals surface area contributed by atoms with Gasteiger partial charge in [0.05, 0.1) is 6.04 Å². The van der Waals surface area contributed by atoms with Gasteiger partial charge in [-0.25, -0.2) is 0 Å². The van der Waals surface area contributed by atoms with Crippen LogP contribution < -0.4 is 5.73 Å². The minimum Gasteiger partial charge on any atom is -0.481 e. The normalized spacial score (nSPS) is 11.9. The molecular formula is C14H20N2O3. The van der Waals surface area contributed by atoms with E-state index in [9.17, 15) is 9.59 Å². The average molecular weight is 264 g/mol. The Labute approximate surface area is 113 Å². The fraction of sp³-hybridized carbons (Fsp3) is 0.429. The number of nitrogens with zero attached hydrogens (tertiary/aromatic N) is 1. The fourth-order valence-corrected chi connectivity index (χ4v) is 1.85. The van der Waals surface area contributed by atoms with Gasteiger partial charge >= 0.3 is 5.97 Å². The highest BCUT2D eigenvalue weighted by Gasteiger charge is 2.18. The van der Waals surface area contributed by atoms with Gasteiger partial charge in [0.15, 0.2) is 0 Å². The monoisotopic (exact) mass is 264 g/mol. The third-order valence-corrected chi connectivity index (χ3v) is 2.86. The maximum Gasteiger partial charge on any atom is 0.303 e. The van der Waals surface area contributed by atoms with Crippen LogP contribution in [-0.4, -0.2) is 35.0 Å². The van der Waals surface area contributed by atoms with Crippen molar-refractivity contribution in [3.63, 3.8) is 0 Å². The summed E-state index contributed by atoms with van der Waals surface area (Å²) in [6.45, 7) is 2.46. The second-order valence-electron chi connectivity index (χ2n) is 4.72. The Kier molecular flexibility index (Phi) is 5.51. The average Bonchev–Trinajstić information content (AvgIpc) is 2.34. The first-order valence-corrected chi connectivity index (χ1v) is 6.18. The first kappa shape index (κ1) is 15.2. The summed E-state index contributed by atoms with van der Waals surface area (Å²) in [5.74, 6) is -1.17. The molecule has 0 aromatic heterocycles. The van der Waals surface area contributed by atoms with Crippen molar-refractivity contribution >= 4 is 11.9 Å². The minimum absolute atomic E-state index is 0.0921. The van der Waals surface area contributed by atoms with E-state index in [0.717, 1.165) is 11.1 Å². The number of carboxylic acids is 1. The van der Waals surface area contributed by atoms with Crippen molar-refractivity contribution in [1.82, 2.24) is 4.90 Å². The van der Waals surface area contributed by atoms with Crippen LogP contribution in [0.1, 0.15) is 24.0 Å². The number of aliphatic carboxylic acids is 1. The number of likely N-dealkylation sites (N-methyl/N-ethyl adjacent to an activating group) is 1. The summed E-state index contributed by atoms with van der Waals surface area (Å²) in [5.41, 5.74) is 7.86. The molecule has 5 nitrogen and oxygen atoms in total. The lowest BCUT2D eigenvalue weighted by Crippen LogP contribution is -2.41. The molecule has 3 N–H and O–H groups in total. The highest BCUT2D eigenvalue weighted by Crippen LogP contribution is 2.08. The van der Waals surface area contributed by atoms with E-state index in [2.05, 4.69) is 0 Å². The smallest absolute Gasteiger partial charge is 0.303 e. The zero-order valence-corrected chi connectivity index (χ0v) is 11.3. The van der Waals surface area contributed by atoms with Crippen LogP contribution in [0.25, 0.3) is 0 Å². The molecule has 1 atom stereocenters. The lowest BCUT2D eigenvalue weighted by Gasteiger charge is -2.21. The summed E-state index contributed by atoms with van der Waals surface area (Å²) >= 11 is 0. The lowest BCUT2D eigenvalue weighted by molar-refractivity contribution is -0.137. The van der Waals surface area contributed by atoms with Crippen LogP contribution in [-0.2, 0) is 16.1 Å². The predicted octanol–water partition coefficient (Wildman–Crippen LogP) is 1.15. The number of carbonyl (C=O) groups excluding carboxylic acids is 1. The van der Waals surface area contributed by atoms with E-state index < -0.39 is 12.0 Å². The highest BCUT2D eigenvalue weighted by atomic mass is 16.4. The molecule has 5 heteroatoms. The summed E-state index contributed by atoms with van der Waals surface area (Å²) in [4.78, 5) is 23.9. The quantitative estimate of drug-likeness (QED) is 0.807. The van der Waals surface area contributed by atoms with Crippen molar-refractivity contribution in [2.75, 3.05) is 7.05 Å². The number of hydrogen-bond acceptors (Lipinski definition) is 3. The molecule has 0 fully saturated rings. The van der Waals surface area contributed by atoms with Crippen LogP contribution in [0.15, 0.2) is 24.3 Å². The number of carbonyl (C=O) groups is 2. The molecule has 0 heterocycles. The molecule has 0 saturated carbocycles. The molecular weight excluding hydrogens is 244 g/mol. The molecule has 0 aliphatic rings. The van der Waals surface area contributed by atoms with Gasteiger partial charge in [0.2, 0.25) is 5.91 Å². The van der Waals surface area contributed by atoms with Crippen molar-refractivity contribution in [1.29, 1.82) is 0 Å². The second kappa shape index (κ2) is 6.89. The summed E-state index contributed by atoms with van der Waals surface area (Å²) < 4.78 is 0. The molecule has 0 saturated heterocycles. The van der Waals surface area contributed by atoms with Gasteiger partial charge in [-0.2, -0.15) is 0 Å². The molecule has 0 spiro atoms. The molecule has 104 valence electrons. The van der Waals surface area contributed by atoms with Crippen molar-refractivity contribution < 1.29 is 14.7 Å². The standard InChI is InChI=1S/C14H20N2O3/c1-10-4-3-5-11(8-10)9-16(2)14(19)12(15)6-7-13(17)18/h3-5,8,12H,6-7,9,15H2,1-2H3,(H,17,18). The van der Waals surface area contributed by atoms with Crippen LogP contribution in [0.4, 0.5) is 0 Å². The molecule has 0 aliphatic carbocycles. The number of benzene rings is 1. The minimum atomic E-state index is -0.940. The fourth-order valence-electron chi connectivity index (χ4n) is 1.85. The van der Waals surface area contributed by atoms with Crippen LogP contribution in [0.5, 0.6) is 0 Å². The summed E-state index contributed by atoms with van der Waals surface area (Å²) in [6, 6.07) is 7.12. The third kappa shape index (κ3) is 5.09. The van der Waals surface area contributed by atoms with E-state index in [-0.39, 0.29) is 18.7 Å². The first-order valence-electron chi connectivity index (χ1n) is 6.18. The summed E-state index contributed by atoms with van der Waals surface area (Å²) in [7, 11) is 1.67. The van der Waals surface area contributed by atoms with E-state index in [1.165, 1.54) is 4.90 Å². The lowest BCUT2D eigenvalue weighted by atomic mass is 10.1. The number of nitrogens with two attached hydrogens (primary N) is 1. The number of aryl methyl sites for hydroxylation is 1. The Morgan fingerprint density at radius 1 is 1.42 bits per heavy atom. The molecule has 1 aromatic carbocycles. The van der Waals surface area contributed by atoms with Crippen LogP contribution in [0.2, 0.25) is 0 Å². The van der Waals surface area contributed by atoms with Crippen LogP contribution in [0, 0.1) is 6.92 Å². The molecule has 0 bridgehead atoms. The molecule has 0 aliphatic heterocycles. The number of rotatable bonds is 6. The third-order valence-electron chi connectivity index (χ3n) is 2.86. The Bertz CT molecular complexity index is 460. The Hall–Kier alpha value is -1.88. The Morgan fingerprint density at radius 2 is 2.11 bits per heavy atom. The van der Waals surface area contributed by atoms with E-state index in [4.69, 9.17) is 10.8 Å². The van der Waals surface area contributed by atoms with E-state index >= 15 is 0 Å². The molecule has 1 amide bonds. The maximum atomic E-state index is 12.0.